The Morgan fingerprint density at radius 2 is 1.59 bits per heavy atom. The van der Waals surface area contributed by atoms with Crippen LogP contribution in [0.4, 0.5) is 5.69 Å². The van der Waals surface area contributed by atoms with Gasteiger partial charge in [-0.15, -0.1) is 0 Å². The number of rotatable bonds is 2. The molecule has 0 bridgehead atoms. The third-order valence-electron chi connectivity index (χ3n) is 5.90. The highest BCUT2D eigenvalue weighted by Gasteiger charge is 2.44. The maximum absolute atomic E-state index is 13.4. The topological polar surface area (TPSA) is 57.6 Å². The van der Waals surface area contributed by atoms with Gasteiger partial charge in [-0.1, -0.05) is 32.0 Å². The molecule has 0 saturated heterocycles. The van der Waals surface area contributed by atoms with Crippen molar-refractivity contribution in [3.8, 4) is 5.75 Å². The van der Waals surface area contributed by atoms with Crippen LogP contribution in [0.5, 0.6) is 5.75 Å². The molecule has 1 unspecified atom stereocenters. The van der Waals surface area contributed by atoms with E-state index >= 15 is 0 Å². The lowest BCUT2D eigenvalue weighted by atomic mass is 9.69. The third kappa shape index (κ3) is 3.59. The number of Topliss-reactive ketones (excluding diaryl/α,β-unsaturated/α-hetero) is 1. The second kappa shape index (κ2) is 6.87. The van der Waals surface area contributed by atoms with E-state index in [2.05, 4.69) is 19.9 Å². The molecule has 0 spiro atoms. The molecule has 1 aliphatic carbocycles. The van der Waals surface area contributed by atoms with Crippen molar-refractivity contribution in [2.24, 2.45) is 5.41 Å². The Morgan fingerprint density at radius 1 is 0.966 bits per heavy atom. The van der Waals surface area contributed by atoms with Gasteiger partial charge in [-0.3, -0.25) is 14.5 Å². The van der Waals surface area contributed by atoms with Gasteiger partial charge in [0.1, 0.15) is 5.75 Å². The number of carbonyl (C=O) groups excluding carboxylic acids is 2. The lowest BCUT2D eigenvalue weighted by molar-refractivity contribution is -0.121. The van der Waals surface area contributed by atoms with Gasteiger partial charge in [0.05, 0.1) is 0 Å². The number of phenolic OH excluding ortho intramolecular Hbond substituents is 1. The number of ketones is 1. The van der Waals surface area contributed by atoms with E-state index in [1.54, 1.807) is 17.0 Å². The molecule has 4 nitrogen and oxygen atoms in total. The molecule has 2 aliphatic rings. The number of aryl methyl sites for hydroxylation is 2. The second-order valence-corrected chi connectivity index (χ2v) is 9.22. The Kier molecular flexibility index (Phi) is 4.60. The Hall–Kier alpha value is -2.88. The number of phenols is 1. The van der Waals surface area contributed by atoms with Crippen LogP contribution in [0.15, 0.2) is 53.7 Å². The summed E-state index contributed by atoms with van der Waals surface area (Å²) in [5.41, 5.74) is 5.34. The molecule has 29 heavy (non-hydrogen) atoms. The first-order valence-corrected chi connectivity index (χ1v) is 10.1. The van der Waals surface area contributed by atoms with E-state index in [1.807, 2.05) is 38.1 Å². The highest BCUT2D eigenvalue weighted by Crippen LogP contribution is 2.48. The first-order valence-electron chi connectivity index (χ1n) is 10.1. The molecule has 0 aromatic heterocycles. The molecule has 4 rings (SSSR count). The molecule has 0 radical (unpaired) electrons. The van der Waals surface area contributed by atoms with Gasteiger partial charge in [0.15, 0.2) is 5.78 Å². The summed E-state index contributed by atoms with van der Waals surface area (Å²) in [6.07, 6.45) is 1.42. The number of hydrogen-bond acceptors (Lipinski definition) is 3. The van der Waals surface area contributed by atoms with Gasteiger partial charge in [0.2, 0.25) is 5.91 Å². The highest BCUT2D eigenvalue weighted by molar-refractivity contribution is 6.07. The monoisotopic (exact) mass is 389 g/mol. The van der Waals surface area contributed by atoms with E-state index in [-0.39, 0.29) is 35.2 Å². The molecule has 0 saturated carbocycles. The Morgan fingerprint density at radius 3 is 2.21 bits per heavy atom. The van der Waals surface area contributed by atoms with Gasteiger partial charge in [-0.05, 0) is 66.6 Å². The quantitative estimate of drug-likeness (QED) is 0.771. The number of benzene rings is 2. The number of carbonyl (C=O) groups is 2. The molecule has 4 heteroatoms. The van der Waals surface area contributed by atoms with Gasteiger partial charge in [0.25, 0.3) is 0 Å². The Labute approximate surface area is 171 Å². The van der Waals surface area contributed by atoms with Gasteiger partial charge in [0, 0.05) is 35.7 Å². The molecule has 150 valence electrons. The zero-order valence-electron chi connectivity index (χ0n) is 17.5. The molecular weight excluding hydrogens is 362 g/mol. The lowest BCUT2D eigenvalue weighted by Gasteiger charge is -2.43. The number of aromatic hydroxyl groups is 1. The summed E-state index contributed by atoms with van der Waals surface area (Å²) in [6.45, 7) is 8.22. The first-order chi connectivity index (χ1) is 13.6. The summed E-state index contributed by atoms with van der Waals surface area (Å²) >= 11 is 0. The summed E-state index contributed by atoms with van der Waals surface area (Å²) < 4.78 is 0. The summed E-state index contributed by atoms with van der Waals surface area (Å²) in [4.78, 5) is 28.4. The summed E-state index contributed by atoms with van der Waals surface area (Å²) in [5, 5.41) is 9.65. The van der Waals surface area contributed by atoms with E-state index in [1.165, 1.54) is 0 Å². The number of anilines is 1. The average Bonchev–Trinajstić information content (AvgIpc) is 2.59. The summed E-state index contributed by atoms with van der Waals surface area (Å²) in [5.74, 6) is 0.0513. The predicted octanol–water partition coefficient (Wildman–Crippen LogP) is 5.17. The van der Waals surface area contributed by atoms with E-state index in [0.29, 0.717) is 12.8 Å². The van der Waals surface area contributed by atoms with Crippen molar-refractivity contribution in [1.29, 1.82) is 0 Å². The zero-order valence-corrected chi connectivity index (χ0v) is 17.5. The van der Waals surface area contributed by atoms with E-state index in [0.717, 1.165) is 33.6 Å². The minimum atomic E-state index is -0.260. The van der Waals surface area contributed by atoms with Crippen molar-refractivity contribution >= 4 is 17.4 Å². The zero-order chi connectivity index (χ0) is 20.9. The van der Waals surface area contributed by atoms with Gasteiger partial charge in [-0.25, -0.2) is 0 Å². The molecule has 1 N–H and O–H groups in total. The van der Waals surface area contributed by atoms with E-state index < -0.39 is 0 Å². The fraction of sp³-hybridized carbons (Fsp3) is 0.360. The Bertz CT molecular complexity index is 1010. The molecule has 1 atom stereocenters. The van der Waals surface area contributed by atoms with Crippen molar-refractivity contribution in [1.82, 2.24) is 0 Å². The molecule has 2 aromatic carbocycles. The van der Waals surface area contributed by atoms with E-state index in [9.17, 15) is 14.7 Å². The molecular formula is C25H27NO3. The third-order valence-corrected chi connectivity index (χ3v) is 5.90. The van der Waals surface area contributed by atoms with Crippen LogP contribution in [0.2, 0.25) is 0 Å². The van der Waals surface area contributed by atoms with Gasteiger partial charge >= 0.3 is 0 Å². The van der Waals surface area contributed by atoms with Crippen molar-refractivity contribution in [2.75, 3.05) is 4.90 Å². The van der Waals surface area contributed by atoms with E-state index in [4.69, 9.17) is 0 Å². The van der Waals surface area contributed by atoms with Crippen molar-refractivity contribution < 1.29 is 14.7 Å². The first kappa shape index (κ1) is 19.4. The fourth-order valence-corrected chi connectivity index (χ4v) is 4.79. The fourth-order valence-electron chi connectivity index (χ4n) is 4.79. The van der Waals surface area contributed by atoms with Crippen LogP contribution >= 0.6 is 0 Å². The summed E-state index contributed by atoms with van der Waals surface area (Å²) in [6, 6.07) is 13.0. The molecule has 1 aliphatic heterocycles. The number of hydrogen-bond donors (Lipinski definition) is 1. The smallest absolute Gasteiger partial charge is 0.232 e. The van der Waals surface area contributed by atoms with Crippen molar-refractivity contribution in [2.45, 2.75) is 52.9 Å². The number of amides is 1. The van der Waals surface area contributed by atoms with Gasteiger partial charge < -0.3 is 5.11 Å². The summed E-state index contributed by atoms with van der Waals surface area (Å²) in [7, 11) is 0. The molecule has 0 fully saturated rings. The average molecular weight is 389 g/mol. The van der Waals surface area contributed by atoms with Crippen molar-refractivity contribution in [3.63, 3.8) is 0 Å². The number of nitrogens with zero attached hydrogens (tertiary/aromatic N) is 1. The molecule has 1 heterocycles. The highest BCUT2D eigenvalue weighted by atomic mass is 16.3. The largest absolute Gasteiger partial charge is 0.508 e. The lowest BCUT2D eigenvalue weighted by Crippen LogP contribution is -2.43. The van der Waals surface area contributed by atoms with Crippen LogP contribution in [-0.4, -0.2) is 16.8 Å². The Balaban J connectivity index is 1.91. The van der Waals surface area contributed by atoms with Crippen LogP contribution in [0.1, 0.15) is 55.7 Å². The second-order valence-electron chi connectivity index (χ2n) is 9.22. The van der Waals surface area contributed by atoms with Crippen LogP contribution < -0.4 is 4.90 Å². The maximum atomic E-state index is 13.4. The van der Waals surface area contributed by atoms with Crippen LogP contribution in [0.25, 0.3) is 0 Å². The van der Waals surface area contributed by atoms with Crippen LogP contribution in [0, 0.1) is 19.3 Å². The minimum absolute atomic E-state index is 0.0114. The SMILES string of the molecule is Cc1cc(C)cc(N2C(=O)CC(c3ccc(O)cc3)C3=C2CC(C)(C)CC3=O)c1. The maximum Gasteiger partial charge on any atom is 0.232 e. The van der Waals surface area contributed by atoms with Crippen LogP contribution in [-0.2, 0) is 9.59 Å². The van der Waals surface area contributed by atoms with Crippen molar-refractivity contribution in [3.05, 3.63) is 70.4 Å². The number of allylic oxidation sites excluding steroid dienone is 2. The minimum Gasteiger partial charge on any atom is -0.508 e. The standard InChI is InChI=1S/C25H27NO3/c1-15-9-16(2)11-18(10-15)26-21-13-25(3,4)14-22(28)24(21)20(12-23(26)29)17-5-7-19(27)8-6-17/h5-11,20,27H,12-14H2,1-4H3. The van der Waals surface area contributed by atoms with Crippen LogP contribution in [0.3, 0.4) is 0 Å². The normalized spacial score (nSPS) is 21.4. The molecule has 2 aromatic rings. The predicted molar refractivity (Wildman–Crippen MR) is 114 cm³/mol. The van der Waals surface area contributed by atoms with Gasteiger partial charge in [-0.2, -0.15) is 0 Å². The molecule has 1 amide bonds.